The molecule has 0 aliphatic rings. The average molecular weight is 336 g/mol. The van der Waals surface area contributed by atoms with E-state index < -0.39 is 0 Å². The summed E-state index contributed by atoms with van der Waals surface area (Å²) in [5, 5.41) is 2.97. The van der Waals surface area contributed by atoms with Crippen LogP contribution in [0.2, 0.25) is 0 Å². The highest BCUT2D eigenvalue weighted by molar-refractivity contribution is 9.10. The highest BCUT2D eigenvalue weighted by atomic mass is 79.9. The molecule has 2 rings (SSSR count). The van der Waals surface area contributed by atoms with E-state index in [0.29, 0.717) is 5.69 Å². The number of carbonyl (C=O) groups excluding carboxylic acids is 1. The van der Waals surface area contributed by atoms with Crippen LogP contribution in [0.15, 0.2) is 41.0 Å². The van der Waals surface area contributed by atoms with Gasteiger partial charge in [-0.3, -0.25) is 4.79 Å². The minimum atomic E-state index is -0.105. The summed E-state index contributed by atoms with van der Waals surface area (Å²) in [7, 11) is 3.91. The topological polar surface area (TPSA) is 37.3 Å². The fourth-order valence-corrected chi connectivity index (χ4v) is 2.55. The minimum absolute atomic E-state index is 0.105. The fraction of sp³-hybridized carbons (Fsp3) is 0.267. The molecule has 1 N–H and O–H groups in total. The molecule has 0 aliphatic carbocycles. The van der Waals surface area contributed by atoms with Crippen molar-refractivity contribution in [2.45, 2.75) is 13.5 Å². The number of anilines is 2. The predicted molar refractivity (Wildman–Crippen MR) is 86.5 cm³/mol. The number of rotatable bonds is 4. The zero-order valence-corrected chi connectivity index (χ0v) is 13.4. The number of benzene rings is 1. The number of halogens is 1. The first kappa shape index (κ1) is 14.7. The number of para-hydroxylation sites is 2. The largest absolute Gasteiger partial charge is 0.376 e. The number of aromatic nitrogens is 1. The van der Waals surface area contributed by atoms with Crippen LogP contribution in [0.3, 0.4) is 0 Å². The Kier molecular flexibility index (Phi) is 4.49. The number of hydrogen-bond acceptors (Lipinski definition) is 2. The molecule has 0 saturated carbocycles. The molecule has 0 radical (unpaired) electrons. The average Bonchev–Trinajstić information content (AvgIpc) is 2.80. The second-order valence-corrected chi connectivity index (χ2v) is 5.61. The van der Waals surface area contributed by atoms with Crippen LogP contribution in [-0.4, -0.2) is 24.6 Å². The molecule has 0 aliphatic heterocycles. The molecule has 20 heavy (non-hydrogen) atoms. The maximum Gasteiger partial charge on any atom is 0.272 e. The van der Waals surface area contributed by atoms with Crippen LogP contribution in [0.4, 0.5) is 11.4 Å². The van der Waals surface area contributed by atoms with Crippen LogP contribution < -0.4 is 10.2 Å². The van der Waals surface area contributed by atoms with Gasteiger partial charge in [-0.05, 0) is 41.1 Å². The van der Waals surface area contributed by atoms with Crippen LogP contribution in [0.25, 0.3) is 0 Å². The first-order valence-electron chi connectivity index (χ1n) is 6.46. The second-order valence-electron chi connectivity index (χ2n) is 4.70. The number of nitrogens with zero attached hydrogens (tertiary/aromatic N) is 2. The van der Waals surface area contributed by atoms with E-state index in [1.807, 2.05) is 67.0 Å². The molecular weight excluding hydrogens is 318 g/mol. The summed E-state index contributed by atoms with van der Waals surface area (Å²) < 4.78 is 2.82. The van der Waals surface area contributed by atoms with Crippen LogP contribution in [0.1, 0.15) is 17.4 Å². The van der Waals surface area contributed by atoms with Crippen molar-refractivity contribution < 1.29 is 4.79 Å². The fourth-order valence-electron chi connectivity index (χ4n) is 2.08. The van der Waals surface area contributed by atoms with Gasteiger partial charge in [-0.1, -0.05) is 12.1 Å². The summed E-state index contributed by atoms with van der Waals surface area (Å²) in [6.07, 6.45) is 1.91. The Labute approximate surface area is 127 Å². The molecule has 0 atom stereocenters. The summed E-state index contributed by atoms with van der Waals surface area (Å²) >= 11 is 3.41. The molecular formula is C15H18BrN3O. The first-order chi connectivity index (χ1) is 9.52. The smallest absolute Gasteiger partial charge is 0.272 e. The number of amides is 1. The van der Waals surface area contributed by atoms with Gasteiger partial charge in [0.1, 0.15) is 5.69 Å². The zero-order valence-electron chi connectivity index (χ0n) is 11.9. The van der Waals surface area contributed by atoms with E-state index >= 15 is 0 Å². The maximum absolute atomic E-state index is 12.4. The van der Waals surface area contributed by atoms with E-state index in [-0.39, 0.29) is 5.91 Å². The Morgan fingerprint density at radius 2 is 2.05 bits per heavy atom. The maximum atomic E-state index is 12.4. The lowest BCUT2D eigenvalue weighted by Crippen LogP contribution is -2.19. The summed E-state index contributed by atoms with van der Waals surface area (Å²) in [5.41, 5.74) is 2.44. The Balaban J connectivity index is 2.28. The molecule has 1 heterocycles. The van der Waals surface area contributed by atoms with Crippen molar-refractivity contribution in [3.05, 3.63) is 46.7 Å². The lowest BCUT2D eigenvalue weighted by molar-refractivity contribution is 0.101. The van der Waals surface area contributed by atoms with Gasteiger partial charge in [-0.25, -0.2) is 0 Å². The van der Waals surface area contributed by atoms with Crippen molar-refractivity contribution in [3.8, 4) is 0 Å². The Morgan fingerprint density at radius 1 is 1.35 bits per heavy atom. The molecule has 0 spiro atoms. The standard InChI is InChI=1S/C15H18BrN3O/c1-4-19-10-11(16)9-14(19)15(20)17-12-7-5-6-8-13(12)18(2)3/h5-10H,4H2,1-3H3,(H,17,20). The van der Waals surface area contributed by atoms with Gasteiger partial charge < -0.3 is 14.8 Å². The van der Waals surface area contributed by atoms with Crippen LogP contribution in [0.5, 0.6) is 0 Å². The van der Waals surface area contributed by atoms with Gasteiger partial charge in [0.25, 0.3) is 5.91 Å². The van der Waals surface area contributed by atoms with Gasteiger partial charge in [0, 0.05) is 31.3 Å². The third-order valence-electron chi connectivity index (χ3n) is 3.07. The monoisotopic (exact) mass is 335 g/mol. The van der Waals surface area contributed by atoms with Crippen molar-refractivity contribution in [1.82, 2.24) is 4.57 Å². The quantitative estimate of drug-likeness (QED) is 0.926. The van der Waals surface area contributed by atoms with Crippen molar-refractivity contribution in [2.24, 2.45) is 0 Å². The highest BCUT2D eigenvalue weighted by Crippen LogP contribution is 2.24. The molecule has 0 saturated heterocycles. The summed E-state index contributed by atoms with van der Waals surface area (Å²) in [5.74, 6) is -0.105. The van der Waals surface area contributed by atoms with Gasteiger partial charge in [0.2, 0.25) is 0 Å². The van der Waals surface area contributed by atoms with Gasteiger partial charge >= 0.3 is 0 Å². The molecule has 4 nitrogen and oxygen atoms in total. The van der Waals surface area contributed by atoms with Crippen molar-refractivity contribution in [3.63, 3.8) is 0 Å². The molecule has 0 unspecified atom stereocenters. The molecule has 5 heteroatoms. The van der Waals surface area contributed by atoms with Gasteiger partial charge in [-0.2, -0.15) is 0 Å². The number of aryl methyl sites for hydroxylation is 1. The molecule has 2 aromatic rings. The van der Waals surface area contributed by atoms with E-state index in [9.17, 15) is 4.79 Å². The van der Waals surface area contributed by atoms with Gasteiger partial charge in [0.15, 0.2) is 0 Å². The van der Waals surface area contributed by atoms with E-state index in [1.54, 1.807) is 0 Å². The normalized spacial score (nSPS) is 10.4. The predicted octanol–water partition coefficient (Wildman–Crippen LogP) is 3.59. The summed E-state index contributed by atoms with van der Waals surface area (Å²) in [4.78, 5) is 14.4. The molecule has 0 bridgehead atoms. The van der Waals surface area contributed by atoms with Gasteiger partial charge in [-0.15, -0.1) is 0 Å². The summed E-state index contributed by atoms with van der Waals surface area (Å²) in [6.45, 7) is 2.76. The molecule has 1 amide bonds. The first-order valence-corrected chi connectivity index (χ1v) is 7.25. The van der Waals surface area contributed by atoms with Crippen molar-refractivity contribution in [1.29, 1.82) is 0 Å². The lowest BCUT2D eigenvalue weighted by Gasteiger charge is -2.18. The second kappa shape index (κ2) is 6.13. The van der Waals surface area contributed by atoms with Gasteiger partial charge in [0.05, 0.1) is 11.4 Å². The van der Waals surface area contributed by atoms with Crippen molar-refractivity contribution >= 4 is 33.2 Å². The summed E-state index contributed by atoms with van der Waals surface area (Å²) in [6, 6.07) is 9.58. The Hall–Kier alpha value is -1.75. The molecule has 0 fully saturated rings. The number of hydrogen-bond donors (Lipinski definition) is 1. The van der Waals surface area contributed by atoms with E-state index in [2.05, 4.69) is 21.2 Å². The SMILES string of the molecule is CCn1cc(Br)cc1C(=O)Nc1ccccc1N(C)C. The molecule has 1 aromatic heterocycles. The van der Waals surface area contributed by atoms with Crippen LogP contribution >= 0.6 is 15.9 Å². The Bertz CT molecular complexity index is 619. The Morgan fingerprint density at radius 3 is 2.70 bits per heavy atom. The minimum Gasteiger partial charge on any atom is -0.376 e. The third kappa shape index (κ3) is 3.04. The number of nitrogens with one attached hydrogen (secondary N) is 1. The number of carbonyl (C=O) groups is 1. The third-order valence-corrected chi connectivity index (χ3v) is 3.50. The van der Waals surface area contributed by atoms with Crippen LogP contribution in [-0.2, 0) is 6.54 Å². The molecule has 1 aromatic carbocycles. The van der Waals surface area contributed by atoms with Crippen LogP contribution in [0, 0.1) is 0 Å². The van der Waals surface area contributed by atoms with E-state index in [0.717, 1.165) is 22.4 Å². The molecule has 106 valence electrons. The highest BCUT2D eigenvalue weighted by Gasteiger charge is 2.14. The zero-order chi connectivity index (χ0) is 14.7. The lowest BCUT2D eigenvalue weighted by atomic mass is 10.2. The van der Waals surface area contributed by atoms with Crippen molar-refractivity contribution in [2.75, 3.05) is 24.3 Å². The van der Waals surface area contributed by atoms with E-state index in [4.69, 9.17) is 0 Å². The van der Waals surface area contributed by atoms with E-state index in [1.165, 1.54) is 0 Å².